The topological polar surface area (TPSA) is 0 Å². The van der Waals surface area contributed by atoms with Crippen LogP contribution in [0.15, 0.2) is 70.5 Å². The van der Waals surface area contributed by atoms with Gasteiger partial charge in [-0.15, -0.1) is 0 Å². The molecule has 0 aliphatic heterocycles. The summed E-state index contributed by atoms with van der Waals surface area (Å²) in [5, 5.41) is 2.14. The van der Waals surface area contributed by atoms with Gasteiger partial charge in [0, 0.05) is 24.9 Å². The zero-order chi connectivity index (χ0) is 18.5. The summed E-state index contributed by atoms with van der Waals surface area (Å²) in [7, 11) is 0. The number of hydrogen-bond acceptors (Lipinski definition) is 1. The largest absolute Gasteiger partial charge is 0.0900 e. The van der Waals surface area contributed by atoms with Crippen molar-refractivity contribution >= 4 is 69.2 Å². The van der Waals surface area contributed by atoms with Crippen molar-refractivity contribution in [1.82, 2.24) is 0 Å². The molecular weight excluding hydrogens is 518 g/mol. The van der Waals surface area contributed by atoms with Crippen LogP contribution in [0.4, 0.5) is 0 Å². The first-order valence-electron chi connectivity index (χ1n) is 8.14. The minimum absolute atomic E-state index is 0.642. The maximum absolute atomic E-state index is 6.43. The van der Waals surface area contributed by atoms with Gasteiger partial charge in [-0.3, -0.25) is 0 Å². The molecule has 0 unspecified atom stereocenters. The zero-order valence-corrected chi connectivity index (χ0v) is 19.1. The molecule has 0 nitrogen and oxygen atoms in total. The first-order valence-corrected chi connectivity index (χ1v) is 11.6. The van der Waals surface area contributed by atoms with E-state index in [0.717, 1.165) is 43.2 Å². The molecular formula is C21H16Cl3IS. The predicted octanol–water partition coefficient (Wildman–Crippen LogP) is 8.83. The van der Waals surface area contributed by atoms with Gasteiger partial charge < -0.3 is 0 Å². The lowest BCUT2D eigenvalue weighted by molar-refractivity contribution is 0.944. The van der Waals surface area contributed by atoms with E-state index in [1.54, 1.807) is 17.8 Å². The smallest absolute Gasteiger partial charge is 0.0449 e. The third kappa shape index (κ3) is 5.56. The van der Waals surface area contributed by atoms with Crippen molar-refractivity contribution in [3.05, 3.63) is 81.3 Å². The standard InChI is InChI=1S/C21H16Cl3IS/c22-17-10-16(11-18(23)12-17)14-3-6-19(7-4-14)26-20-8-5-15(2-1-9-25)21(24)13-20/h3-8,10-13H,1-2,9H2. The minimum atomic E-state index is 0.642. The molecule has 26 heavy (non-hydrogen) atoms. The molecule has 3 aromatic rings. The fourth-order valence-electron chi connectivity index (χ4n) is 2.62. The second kappa shape index (κ2) is 9.70. The maximum atomic E-state index is 6.43. The van der Waals surface area contributed by atoms with Crippen LogP contribution in [0.3, 0.4) is 0 Å². The summed E-state index contributed by atoms with van der Waals surface area (Å²) in [5.74, 6) is 0. The van der Waals surface area contributed by atoms with Gasteiger partial charge in [-0.1, -0.05) is 87.4 Å². The van der Waals surface area contributed by atoms with Crippen molar-refractivity contribution in [3.8, 4) is 11.1 Å². The molecule has 0 saturated carbocycles. The summed E-state index contributed by atoms with van der Waals surface area (Å²) in [5.41, 5.74) is 3.33. The number of benzene rings is 3. The van der Waals surface area contributed by atoms with Crippen molar-refractivity contribution in [3.63, 3.8) is 0 Å². The van der Waals surface area contributed by atoms with Crippen molar-refractivity contribution < 1.29 is 0 Å². The van der Waals surface area contributed by atoms with Crippen LogP contribution in [-0.4, -0.2) is 4.43 Å². The Labute approximate surface area is 187 Å². The quantitative estimate of drug-likeness (QED) is 0.225. The Morgan fingerprint density at radius 2 is 1.38 bits per heavy atom. The Morgan fingerprint density at radius 1 is 0.731 bits per heavy atom. The molecule has 5 heteroatoms. The van der Waals surface area contributed by atoms with Crippen molar-refractivity contribution in [2.75, 3.05) is 4.43 Å². The van der Waals surface area contributed by atoms with Crippen LogP contribution in [0.1, 0.15) is 12.0 Å². The highest BCUT2D eigenvalue weighted by atomic mass is 127. The normalized spacial score (nSPS) is 10.9. The molecule has 0 radical (unpaired) electrons. The lowest BCUT2D eigenvalue weighted by atomic mass is 10.1. The molecule has 3 aromatic carbocycles. The van der Waals surface area contributed by atoms with Gasteiger partial charge in [0.15, 0.2) is 0 Å². The first-order chi connectivity index (χ1) is 12.5. The number of alkyl halides is 1. The van der Waals surface area contributed by atoms with Crippen LogP contribution in [0.5, 0.6) is 0 Å². The first kappa shape index (κ1) is 20.3. The predicted molar refractivity (Wildman–Crippen MR) is 125 cm³/mol. The van der Waals surface area contributed by atoms with Crippen LogP contribution < -0.4 is 0 Å². The molecule has 134 valence electrons. The van der Waals surface area contributed by atoms with Gasteiger partial charge in [-0.2, -0.15) is 0 Å². The van der Waals surface area contributed by atoms with Gasteiger partial charge in [0.2, 0.25) is 0 Å². The minimum Gasteiger partial charge on any atom is -0.0900 e. The van der Waals surface area contributed by atoms with E-state index >= 15 is 0 Å². The van der Waals surface area contributed by atoms with Crippen molar-refractivity contribution in [2.24, 2.45) is 0 Å². The molecule has 0 bridgehead atoms. The summed E-state index contributed by atoms with van der Waals surface area (Å²) in [6.07, 6.45) is 2.19. The molecule has 0 atom stereocenters. The van der Waals surface area contributed by atoms with Gasteiger partial charge >= 0.3 is 0 Å². The molecule has 0 aliphatic rings. The van der Waals surface area contributed by atoms with Crippen LogP contribution in [0.25, 0.3) is 11.1 Å². The molecule has 0 heterocycles. The van der Waals surface area contributed by atoms with E-state index in [1.807, 2.05) is 12.1 Å². The third-order valence-corrected chi connectivity index (χ3v) is 6.44. The van der Waals surface area contributed by atoms with Gasteiger partial charge in [-0.05, 0) is 76.4 Å². The Morgan fingerprint density at radius 3 is 2.00 bits per heavy atom. The molecule has 0 saturated heterocycles. The number of hydrogen-bond donors (Lipinski definition) is 0. The summed E-state index contributed by atoms with van der Waals surface area (Å²) >= 11 is 22.7. The average molecular weight is 534 g/mol. The monoisotopic (exact) mass is 532 g/mol. The van der Waals surface area contributed by atoms with E-state index < -0.39 is 0 Å². The van der Waals surface area contributed by atoms with E-state index in [-0.39, 0.29) is 0 Å². The molecule has 0 amide bonds. The van der Waals surface area contributed by atoms with E-state index in [4.69, 9.17) is 34.8 Å². The van der Waals surface area contributed by atoms with Crippen LogP contribution in [0, 0.1) is 0 Å². The van der Waals surface area contributed by atoms with E-state index in [2.05, 4.69) is 65.1 Å². The van der Waals surface area contributed by atoms with Crippen molar-refractivity contribution in [1.29, 1.82) is 0 Å². The SMILES string of the molecule is Clc1cc(Cl)cc(-c2ccc(Sc3ccc(CCCI)c(Cl)c3)cc2)c1. The fraction of sp³-hybridized carbons (Fsp3) is 0.143. The lowest BCUT2D eigenvalue weighted by Crippen LogP contribution is -1.88. The van der Waals surface area contributed by atoms with E-state index in [0.29, 0.717) is 10.0 Å². The van der Waals surface area contributed by atoms with Gasteiger partial charge in [0.25, 0.3) is 0 Å². The zero-order valence-electron chi connectivity index (χ0n) is 13.8. The maximum Gasteiger partial charge on any atom is 0.0449 e. The average Bonchev–Trinajstić information content (AvgIpc) is 2.61. The van der Waals surface area contributed by atoms with Gasteiger partial charge in [-0.25, -0.2) is 0 Å². The lowest BCUT2D eigenvalue weighted by Gasteiger charge is -2.08. The summed E-state index contributed by atoms with van der Waals surface area (Å²) in [6.45, 7) is 0. The molecule has 0 fully saturated rings. The van der Waals surface area contributed by atoms with Gasteiger partial charge in [0.05, 0.1) is 0 Å². The third-order valence-electron chi connectivity index (χ3n) is 3.89. The highest BCUT2D eigenvalue weighted by Crippen LogP contribution is 2.33. The van der Waals surface area contributed by atoms with E-state index in [1.165, 1.54) is 5.56 Å². The second-order valence-electron chi connectivity index (χ2n) is 5.83. The fourth-order valence-corrected chi connectivity index (χ4v) is 4.73. The molecule has 3 rings (SSSR count). The van der Waals surface area contributed by atoms with Crippen LogP contribution >= 0.6 is 69.2 Å². The Balaban J connectivity index is 1.74. The molecule has 0 aromatic heterocycles. The number of aryl methyl sites for hydroxylation is 1. The van der Waals surface area contributed by atoms with Crippen LogP contribution in [0.2, 0.25) is 15.1 Å². The molecule has 0 aliphatic carbocycles. The highest BCUT2D eigenvalue weighted by molar-refractivity contribution is 14.1. The second-order valence-corrected chi connectivity index (χ2v) is 9.34. The van der Waals surface area contributed by atoms with Crippen LogP contribution in [-0.2, 0) is 6.42 Å². The van der Waals surface area contributed by atoms with Crippen molar-refractivity contribution in [2.45, 2.75) is 22.6 Å². The Bertz CT molecular complexity index is 874. The summed E-state index contributed by atoms with van der Waals surface area (Å²) in [6, 6.07) is 20.3. The highest BCUT2D eigenvalue weighted by Gasteiger charge is 2.05. The number of halogens is 4. The van der Waals surface area contributed by atoms with Gasteiger partial charge in [0.1, 0.15) is 0 Å². The van der Waals surface area contributed by atoms with E-state index in [9.17, 15) is 0 Å². The molecule has 0 spiro atoms. The Kier molecular flexibility index (Phi) is 7.59. The summed E-state index contributed by atoms with van der Waals surface area (Å²) in [4.78, 5) is 2.31. The Hall–Kier alpha value is -0.390. The molecule has 0 N–H and O–H groups in total. The summed E-state index contributed by atoms with van der Waals surface area (Å²) < 4.78 is 1.15. The number of rotatable bonds is 6.